The molecule has 0 atom stereocenters. The van der Waals surface area contributed by atoms with E-state index in [9.17, 15) is 4.79 Å². The lowest BCUT2D eigenvalue weighted by atomic mass is 10.1. The smallest absolute Gasteiger partial charge is 0.330 e. The largest absolute Gasteiger partial charge is 0.466 e. The topological polar surface area (TPSA) is 26.3 Å². The number of hydrogen-bond acceptors (Lipinski definition) is 2. The maximum Gasteiger partial charge on any atom is 0.330 e. The van der Waals surface area contributed by atoms with Gasteiger partial charge in [0.15, 0.2) is 0 Å². The van der Waals surface area contributed by atoms with Gasteiger partial charge in [0.1, 0.15) is 0 Å². The van der Waals surface area contributed by atoms with Gasteiger partial charge in [0.25, 0.3) is 0 Å². The van der Waals surface area contributed by atoms with Gasteiger partial charge in [-0.25, -0.2) is 4.79 Å². The van der Waals surface area contributed by atoms with Crippen molar-refractivity contribution in [3.63, 3.8) is 0 Å². The van der Waals surface area contributed by atoms with Crippen molar-refractivity contribution in [2.24, 2.45) is 0 Å². The lowest BCUT2D eigenvalue weighted by Crippen LogP contribution is -1.93. The summed E-state index contributed by atoms with van der Waals surface area (Å²) >= 11 is 0. The Morgan fingerprint density at radius 1 is 1.27 bits per heavy atom. The normalized spacial score (nSPS) is 9.33. The van der Waals surface area contributed by atoms with Crippen LogP contribution in [0.25, 0.3) is 6.08 Å². The number of carbonyl (C=O) groups is 1. The van der Waals surface area contributed by atoms with E-state index in [0.29, 0.717) is 0 Å². The summed E-state index contributed by atoms with van der Waals surface area (Å²) in [5, 5.41) is 0. The van der Waals surface area contributed by atoms with Crippen LogP contribution in [0.5, 0.6) is 0 Å². The fourth-order valence-electron chi connectivity index (χ4n) is 1.000. The Hall–Kier alpha value is -1.57. The number of carbonyl (C=O) groups excluding carboxylic acids is 1. The first-order valence-electron chi connectivity index (χ1n) is 5.05. The molecule has 1 rings (SSSR count). The van der Waals surface area contributed by atoms with Crippen molar-refractivity contribution in [3.8, 4) is 0 Å². The zero-order valence-corrected chi connectivity index (χ0v) is 9.78. The molecular weight excluding hydrogens is 188 g/mol. The lowest BCUT2D eigenvalue weighted by Gasteiger charge is -1.97. The fraction of sp³-hybridized carbons (Fsp3) is 0.308. The van der Waals surface area contributed by atoms with Crippen LogP contribution < -0.4 is 0 Å². The first-order valence-corrected chi connectivity index (χ1v) is 5.05. The molecule has 0 amide bonds. The monoisotopic (exact) mass is 206 g/mol. The highest BCUT2D eigenvalue weighted by Gasteiger charge is 1.93. The van der Waals surface area contributed by atoms with Crippen LogP contribution in [0, 0.1) is 6.92 Å². The summed E-state index contributed by atoms with van der Waals surface area (Å²) in [4.78, 5) is 10.8. The molecule has 0 unspecified atom stereocenters. The fourth-order valence-corrected chi connectivity index (χ4v) is 1.000. The molecule has 15 heavy (non-hydrogen) atoms. The molecule has 0 bridgehead atoms. The number of hydrogen-bond donors (Lipinski definition) is 0. The SMILES string of the molecule is CC.COC(=O)/C=C/c1ccccc1C. The highest BCUT2D eigenvalue weighted by molar-refractivity contribution is 5.87. The van der Waals surface area contributed by atoms with Crippen LogP contribution in [0.4, 0.5) is 0 Å². The molecule has 0 spiro atoms. The Labute approximate surface area is 91.6 Å². The maximum atomic E-state index is 10.8. The molecule has 0 radical (unpaired) electrons. The quantitative estimate of drug-likeness (QED) is 0.548. The third kappa shape index (κ3) is 5.01. The van der Waals surface area contributed by atoms with Crippen molar-refractivity contribution < 1.29 is 9.53 Å². The Morgan fingerprint density at radius 2 is 1.87 bits per heavy atom. The number of rotatable bonds is 2. The molecule has 0 aliphatic rings. The van der Waals surface area contributed by atoms with E-state index in [1.807, 2.05) is 45.0 Å². The number of methoxy groups -OCH3 is 1. The van der Waals surface area contributed by atoms with E-state index in [0.717, 1.165) is 11.1 Å². The first-order chi connectivity index (χ1) is 7.24. The van der Waals surface area contributed by atoms with Crippen molar-refractivity contribution in [1.82, 2.24) is 0 Å². The second-order valence-electron chi connectivity index (χ2n) is 2.71. The third-order valence-electron chi connectivity index (χ3n) is 1.79. The van der Waals surface area contributed by atoms with E-state index in [1.165, 1.54) is 13.2 Å². The number of ether oxygens (including phenoxy) is 1. The minimum absolute atomic E-state index is 0.330. The van der Waals surface area contributed by atoms with Gasteiger partial charge in [-0.2, -0.15) is 0 Å². The zero-order chi connectivity index (χ0) is 11.7. The van der Waals surface area contributed by atoms with Crippen molar-refractivity contribution in [2.45, 2.75) is 20.8 Å². The zero-order valence-electron chi connectivity index (χ0n) is 9.78. The van der Waals surface area contributed by atoms with Crippen molar-refractivity contribution in [2.75, 3.05) is 7.11 Å². The number of aryl methyl sites for hydroxylation is 1. The Balaban J connectivity index is 0.000000921. The molecule has 0 saturated heterocycles. The summed E-state index contributed by atoms with van der Waals surface area (Å²) in [6.45, 7) is 6.00. The molecule has 0 aromatic heterocycles. The van der Waals surface area contributed by atoms with Gasteiger partial charge in [0.05, 0.1) is 7.11 Å². The molecule has 1 aromatic carbocycles. The standard InChI is InChI=1S/C11H12O2.C2H6/c1-9-5-3-4-6-10(9)7-8-11(12)13-2;1-2/h3-8H,1-2H3;1-2H3/b8-7+;. The van der Waals surface area contributed by atoms with Crippen molar-refractivity contribution in [3.05, 3.63) is 41.5 Å². The van der Waals surface area contributed by atoms with E-state index < -0.39 is 0 Å². The summed E-state index contributed by atoms with van der Waals surface area (Å²) in [6.07, 6.45) is 3.17. The van der Waals surface area contributed by atoms with Gasteiger partial charge in [0.2, 0.25) is 0 Å². The predicted octanol–water partition coefficient (Wildman–Crippen LogP) is 3.21. The van der Waals surface area contributed by atoms with Crippen LogP contribution in [-0.2, 0) is 9.53 Å². The predicted molar refractivity (Wildman–Crippen MR) is 63.6 cm³/mol. The summed E-state index contributed by atoms with van der Waals surface area (Å²) in [7, 11) is 1.37. The van der Waals surface area contributed by atoms with Crippen molar-refractivity contribution >= 4 is 12.0 Å². The molecule has 0 aliphatic carbocycles. The second-order valence-corrected chi connectivity index (χ2v) is 2.71. The Kier molecular flexibility index (Phi) is 6.98. The van der Waals surface area contributed by atoms with E-state index in [4.69, 9.17) is 0 Å². The Morgan fingerprint density at radius 3 is 2.40 bits per heavy atom. The summed E-state index contributed by atoms with van der Waals surface area (Å²) in [5.41, 5.74) is 2.18. The third-order valence-corrected chi connectivity index (χ3v) is 1.79. The average molecular weight is 206 g/mol. The van der Waals surface area contributed by atoms with Gasteiger partial charge in [-0.1, -0.05) is 38.1 Å². The minimum atomic E-state index is -0.330. The van der Waals surface area contributed by atoms with Crippen LogP contribution in [0.15, 0.2) is 30.3 Å². The van der Waals surface area contributed by atoms with E-state index in [2.05, 4.69) is 4.74 Å². The van der Waals surface area contributed by atoms with Gasteiger partial charge in [-0.15, -0.1) is 0 Å². The first kappa shape index (κ1) is 13.4. The molecule has 2 nitrogen and oxygen atoms in total. The van der Waals surface area contributed by atoms with Gasteiger partial charge in [-0.05, 0) is 24.1 Å². The molecule has 82 valence electrons. The van der Waals surface area contributed by atoms with E-state index in [-0.39, 0.29) is 5.97 Å². The van der Waals surface area contributed by atoms with E-state index >= 15 is 0 Å². The molecule has 0 aliphatic heterocycles. The summed E-state index contributed by atoms with van der Waals surface area (Å²) in [6, 6.07) is 7.85. The van der Waals surface area contributed by atoms with Crippen LogP contribution in [-0.4, -0.2) is 13.1 Å². The molecule has 2 heteroatoms. The van der Waals surface area contributed by atoms with Crippen molar-refractivity contribution in [1.29, 1.82) is 0 Å². The van der Waals surface area contributed by atoms with Crippen LogP contribution in [0.3, 0.4) is 0 Å². The maximum absolute atomic E-state index is 10.8. The molecule has 0 N–H and O–H groups in total. The molecule has 1 aromatic rings. The molecule has 0 fully saturated rings. The van der Waals surface area contributed by atoms with Crippen LogP contribution >= 0.6 is 0 Å². The van der Waals surface area contributed by atoms with Crippen LogP contribution in [0.2, 0.25) is 0 Å². The van der Waals surface area contributed by atoms with Gasteiger partial charge < -0.3 is 4.74 Å². The van der Waals surface area contributed by atoms with Gasteiger partial charge in [-0.3, -0.25) is 0 Å². The minimum Gasteiger partial charge on any atom is -0.466 e. The highest BCUT2D eigenvalue weighted by atomic mass is 16.5. The Bertz CT molecular complexity index is 327. The molecule has 0 saturated carbocycles. The van der Waals surface area contributed by atoms with Gasteiger partial charge in [0, 0.05) is 6.08 Å². The molecular formula is C13H18O2. The van der Waals surface area contributed by atoms with Crippen LogP contribution in [0.1, 0.15) is 25.0 Å². The van der Waals surface area contributed by atoms with E-state index in [1.54, 1.807) is 6.08 Å². The number of esters is 1. The number of benzene rings is 1. The average Bonchev–Trinajstić information content (AvgIpc) is 2.30. The summed E-state index contributed by atoms with van der Waals surface area (Å²) in [5.74, 6) is -0.330. The van der Waals surface area contributed by atoms with Gasteiger partial charge >= 0.3 is 5.97 Å². The highest BCUT2D eigenvalue weighted by Crippen LogP contribution is 2.08. The lowest BCUT2D eigenvalue weighted by molar-refractivity contribution is -0.134. The summed E-state index contributed by atoms with van der Waals surface area (Å²) < 4.78 is 4.49. The molecule has 0 heterocycles. The second kappa shape index (κ2) is 7.80.